The third-order valence-electron chi connectivity index (χ3n) is 3.37. The van der Waals surface area contributed by atoms with Gasteiger partial charge in [-0.15, -0.1) is 0 Å². The van der Waals surface area contributed by atoms with Gasteiger partial charge < -0.3 is 14.4 Å². The van der Waals surface area contributed by atoms with E-state index in [1.807, 2.05) is 48.2 Å². The third kappa shape index (κ3) is 2.87. The van der Waals surface area contributed by atoms with Crippen LogP contribution < -0.4 is 0 Å². The summed E-state index contributed by atoms with van der Waals surface area (Å²) in [6, 6.07) is 13.5. The molecule has 0 fully saturated rings. The van der Waals surface area contributed by atoms with Gasteiger partial charge in [-0.05, 0) is 24.6 Å². The number of aliphatic imine (C=N–C) groups is 1. The number of aliphatic hydroxyl groups is 1. The zero-order valence-corrected chi connectivity index (χ0v) is 11.7. The van der Waals surface area contributed by atoms with Gasteiger partial charge in [-0.25, -0.2) is 0 Å². The van der Waals surface area contributed by atoms with Gasteiger partial charge in [0.1, 0.15) is 5.76 Å². The van der Waals surface area contributed by atoms with Crippen LogP contribution in [0.4, 0.5) is 0 Å². The van der Waals surface area contributed by atoms with Crippen molar-refractivity contribution in [3.63, 3.8) is 0 Å². The van der Waals surface area contributed by atoms with Crippen LogP contribution >= 0.6 is 0 Å². The molecule has 0 saturated heterocycles. The molecule has 1 aliphatic rings. The van der Waals surface area contributed by atoms with E-state index < -0.39 is 12.0 Å². The molecule has 1 amide bonds. The van der Waals surface area contributed by atoms with Crippen LogP contribution in [-0.4, -0.2) is 34.4 Å². The van der Waals surface area contributed by atoms with Crippen LogP contribution in [0.25, 0.3) is 0 Å². The average molecular weight is 284 g/mol. The van der Waals surface area contributed by atoms with E-state index in [-0.39, 0.29) is 6.54 Å². The van der Waals surface area contributed by atoms with Gasteiger partial charge in [-0.2, -0.15) is 4.99 Å². The lowest BCUT2D eigenvalue weighted by atomic mass is 10.1. The number of aryl methyl sites for hydroxylation is 1. The zero-order valence-electron chi connectivity index (χ0n) is 11.7. The summed E-state index contributed by atoms with van der Waals surface area (Å²) in [4.78, 5) is 17.5. The number of β-amino-alcohol motifs (C(OH)–C–C–N with tert-alkyl or cyclic N) is 1. The second kappa shape index (κ2) is 5.54. The number of carbonyl (C=O) groups is 1. The summed E-state index contributed by atoms with van der Waals surface area (Å²) in [6.07, 6.45) is -1.09. The van der Waals surface area contributed by atoms with Gasteiger partial charge >= 0.3 is 0 Å². The van der Waals surface area contributed by atoms with E-state index in [2.05, 4.69) is 4.99 Å². The van der Waals surface area contributed by atoms with E-state index in [0.717, 1.165) is 11.3 Å². The first kappa shape index (κ1) is 13.6. The highest BCUT2D eigenvalue weighted by atomic mass is 16.3. The number of carbonyl (C=O) groups excluding carboxylic acids is 1. The minimum Gasteiger partial charge on any atom is -0.458 e. The molecule has 0 saturated carbocycles. The first-order valence-electron chi connectivity index (χ1n) is 6.80. The van der Waals surface area contributed by atoms with Crippen molar-refractivity contribution in [3.8, 4) is 0 Å². The van der Waals surface area contributed by atoms with Crippen LogP contribution in [0.3, 0.4) is 0 Å². The van der Waals surface area contributed by atoms with Crippen molar-refractivity contribution in [1.82, 2.24) is 4.90 Å². The molecule has 0 spiro atoms. The molecule has 1 aromatic carbocycles. The standard InChI is InChI=1S/C16H16N2O3/c1-11-7-8-14(21-11)15-17-16(20)13(19)10-18(15)9-12-5-3-2-4-6-12/h2-8,13,19H,9-10H2,1H3. The van der Waals surface area contributed by atoms with Crippen molar-refractivity contribution in [2.45, 2.75) is 19.6 Å². The lowest BCUT2D eigenvalue weighted by Crippen LogP contribution is -2.45. The quantitative estimate of drug-likeness (QED) is 0.932. The number of hydrogen-bond acceptors (Lipinski definition) is 4. The first-order valence-corrected chi connectivity index (χ1v) is 6.80. The molecular formula is C16H16N2O3. The molecule has 21 heavy (non-hydrogen) atoms. The molecule has 108 valence electrons. The van der Waals surface area contributed by atoms with Crippen molar-refractivity contribution in [1.29, 1.82) is 0 Å². The number of benzene rings is 1. The van der Waals surface area contributed by atoms with Crippen LogP contribution in [-0.2, 0) is 11.3 Å². The minimum absolute atomic E-state index is 0.215. The lowest BCUT2D eigenvalue weighted by molar-refractivity contribution is -0.127. The highest BCUT2D eigenvalue weighted by molar-refractivity contribution is 6.06. The van der Waals surface area contributed by atoms with E-state index in [1.54, 1.807) is 6.07 Å². The largest absolute Gasteiger partial charge is 0.458 e. The Kier molecular flexibility index (Phi) is 3.58. The maximum atomic E-state index is 11.7. The normalized spacial score (nSPS) is 18.8. The molecule has 5 heteroatoms. The summed E-state index contributed by atoms with van der Waals surface area (Å²) < 4.78 is 5.57. The van der Waals surface area contributed by atoms with Gasteiger partial charge in [0.15, 0.2) is 17.7 Å². The highest BCUT2D eigenvalue weighted by Gasteiger charge is 2.29. The van der Waals surface area contributed by atoms with Crippen LogP contribution in [0, 0.1) is 6.92 Å². The first-order chi connectivity index (χ1) is 10.1. The van der Waals surface area contributed by atoms with Gasteiger partial charge in [-0.1, -0.05) is 30.3 Å². The number of amides is 1. The van der Waals surface area contributed by atoms with Crippen LogP contribution in [0.15, 0.2) is 51.9 Å². The molecule has 1 atom stereocenters. The molecule has 0 bridgehead atoms. The molecule has 0 radical (unpaired) electrons. The van der Waals surface area contributed by atoms with E-state index in [0.29, 0.717) is 18.1 Å². The van der Waals surface area contributed by atoms with Crippen molar-refractivity contribution in [3.05, 3.63) is 59.5 Å². The minimum atomic E-state index is -1.09. The Bertz CT molecular complexity index is 676. The van der Waals surface area contributed by atoms with E-state index in [1.165, 1.54) is 0 Å². The second-order valence-electron chi connectivity index (χ2n) is 5.07. The summed E-state index contributed by atoms with van der Waals surface area (Å²) in [5, 5.41) is 9.77. The van der Waals surface area contributed by atoms with Crippen molar-refractivity contribution in [2.24, 2.45) is 4.99 Å². The van der Waals surface area contributed by atoms with Crippen molar-refractivity contribution in [2.75, 3.05) is 6.54 Å². The molecule has 2 aromatic rings. The maximum Gasteiger partial charge on any atom is 0.278 e. The number of aliphatic hydroxyl groups excluding tert-OH is 1. The predicted molar refractivity (Wildman–Crippen MR) is 77.8 cm³/mol. The van der Waals surface area contributed by atoms with Crippen molar-refractivity contribution < 1.29 is 14.3 Å². The molecular weight excluding hydrogens is 268 g/mol. The Balaban J connectivity index is 1.92. The summed E-state index contributed by atoms with van der Waals surface area (Å²) in [6.45, 7) is 2.61. The third-order valence-corrected chi connectivity index (χ3v) is 3.37. The molecule has 1 unspecified atom stereocenters. The monoisotopic (exact) mass is 284 g/mol. The summed E-state index contributed by atoms with van der Waals surface area (Å²) in [5.41, 5.74) is 1.08. The van der Waals surface area contributed by atoms with Gasteiger partial charge in [0.2, 0.25) is 0 Å². The molecule has 3 rings (SSSR count). The number of furan rings is 1. The molecule has 5 nitrogen and oxygen atoms in total. The smallest absolute Gasteiger partial charge is 0.278 e. The zero-order chi connectivity index (χ0) is 14.8. The number of rotatable bonds is 3. The number of amidine groups is 1. The fourth-order valence-electron chi connectivity index (χ4n) is 2.33. The Labute approximate surface area is 122 Å². The number of hydrogen-bond donors (Lipinski definition) is 1. The second-order valence-corrected chi connectivity index (χ2v) is 5.07. The Morgan fingerprint density at radius 1 is 1.29 bits per heavy atom. The summed E-state index contributed by atoms with van der Waals surface area (Å²) >= 11 is 0. The van der Waals surface area contributed by atoms with Crippen LogP contribution in [0.2, 0.25) is 0 Å². The van der Waals surface area contributed by atoms with E-state index in [9.17, 15) is 9.90 Å². The number of nitrogens with zero attached hydrogens (tertiary/aromatic N) is 2. The fraction of sp³-hybridized carbons (Fsp3) is 0.250. The highest BCUT2D eigenvalue weighted by Crippen LogP contribution is 2.18. The SMILES string of the molecule is Cc1ccc(C2=NC(=O)C(O)CN2Cc2ccccc2)o1. The van der Waals surface area contributed by atoms with Crippen LogP contribution in [0.5, 0.6) is 0 Å². The van der Waals surface area contributed by atoms with Crippen LogP contribution in [0.1, 0.15) is 17.1 Å². The Morgan fingerprint density at radius 3 is 2.71 bits per heavy atom. The molecule has 1 N–H and O–H groups in total. The average Bonchev–Trinajstić information content (AvgIpc) is 2.90. The molecule has 0 aliphatic carbocycles. The van der Waals surface area contributed by atoms with E-state index >= 15 is 0 Å². The van der Waals surface area contributed by atoms with Gasteiger partial charge in [0.25, 0.3) is 5.91 Å². The summed E-state index contributed by atoms with van der Waals surface area (Å²) in [5.74, 6) is 1.25. The molecule has 1 aliphatic heterocycles. The van der Waals surface area contributed by atoms with Gasteiger partial charge in [0, 0.05) is 6.54 Å². The predicted octanol–water partition coefficient (Wildman–Crippen LogP) is 1.74. The maximum absolute atomic E-state index is 11.7. The lowest BCUT2D eigenvalue weighted by Gasteiger charge is -2.30. The fourth-order valence-corrected chi connectivity index (χ4v) is 2.33. The Hall–Kier alpha value is -2.40. The molecule has 2 heterocycles. The van der Waals surface area contributed by atoms with Crippen molar-refractivity contribution >= 4 is 11.7 Å². The summed E-state index contributed by atoms with van der Waals surface area (Å²) in [7, 11) is 0. The Morgan fingerprint density at radius 2 is 2.05 bits per heavy atom. The van der Waals surface area contributed by atoms with Gasteiger partial charge in [-0.3, -0.25) is 4.79 Å². The molecule has 1 aromatic heterocycles. The van der Waals surface area contributed by atoms with Gasteiger partial charge in [0.05, 0.1) is 6.54 Å². The van der Waals surface area contributed by atoms with E-state index in [4.69, 9.17) is 4.42 Å². The topological polar surface area (TPSA) is 66.0 Å².